The fraction of sp³-hybridized carbons (Fsp3) is 0.0667. The van der Waals surface area contributed by atoms with Gasteiger partial charge in [0.25, 0.3) is 0 Å². The highest BCUT2D eigenvalue weighted by molar-refractivity contribution is 7.80. The Labute approximate surface area is 127 Å². The molecule has 2 aromatic carbocycles. The lowest BCUT2D eigenvalue weighted by molar-refractivity contribution is 0.300. The molecular formula is C15H14FN3OS. The van der Waals surface area contributed by atoms with E-state index < -0.39 is 0 Å². The average molecular weight is 303 g/mol. The summed E-state index contributed by atoms with van der Waals surface area (Å²) in [5.41, 5.74) is 9.09. The van der Waals surface area contributed by atoms with Gasteiger partial charge in [0.2, 0.25) is 0 Å². The van der Waals surface area contributed by atoms with Crippen LogP contribution in [0, 0.1) is 5.82 Å². The van der Waals surface area contributed by atoms with Crippen LogP contribution in [0.1, 0.15) is 11.1 Å². The van der Waals surface area contributed by atoms with Gasteiger partial charge in [-0.3, -0.25) is 5.43 Å². The first-order valence-electron chi connectivity index (χ1n) is 6.20. The van der Waals surface area contributed by atoms with Gasteiger partial charge in [-0.05, 0) is 48.1 Å². The summed E-state index contributed by atoms with van der Waals surface area (Å²) in [7, 11) is 0. The van der Waals surface area contributed by atoms with Crippen molar-refractivity contribution in [3.63, 3.8) is 0 Å². The van der Waals surface area contributed by atoms with E-state index in [9.17, 15) is 4.39 Å². The SMILES string of the molecule is NC(=S)N/N=C\c1ccc(OCc2ccccc2F)cc1. The standard InChI is InChI=1S/C15H14FN3OS/c16-14-4-2-1-3-12(14)10-20-13-7-5-11(6-8-13)9-18-19-15(17)21/h1-9H,10H2,(H3,17,19,21)/b18-9-. The zero-order valence-electron chi connectivity index (χ0n) is 11.1. The van der Waals surface area contributed by atoms with Crippen molar-refractivity contribution in [2.45, 2.75) is 6.61 Å². The quantitative estimate of drug-likeness (QED) is 0.506. The van der Waals surface area contributed by atoms with E-state index in [2.05, 4.69) is 22.7 Å². The molecule has 0 aromatic heterocycles. The Morgan fingerprint density at radius 2 is 1.95 bits per heavy atom. The molecule has 6 heteroatoms. The highest BCUT2D eigenvalue weighted by atomic mass is 32.1. The molecule has 0 aliphatic rings. The summed E-state index contributed by atoms with van der Waals surface area (Å²) in [6.45, 7) is 0.184. The van der Waals surface area contributed by atoms with Crippen LogP contribution in [0.25, 0.3) is 0 Å². The summed E-state index contributed by atoms with van der Waals surface area (Å²) in [6.07, 6.45) is 1.58. The van der Waals surface area contributed by atoms with Crippen molar-refractivity contribution >= 4 is 23.5 Å². The largest absolute Gasteiger partial charge is 0.489 e. The number of hydrazone groups is 1. The number of halogens is 1. The highest BCUT2D eigenvalue weighted by Gasteiger charge is 2.01. The third-order valence-electron chi connectivity index (χ3n) is 2.62. The molecule has 0 bridgehead atoms. The average Bonchev–Trinajstić information content (AvgIpc) is 2.47. The maximum absolute atomic E-state index is 13.4. The van der Waals surface area contributed by atoms with E-state index in [1.54, 1.807) is 36.5 Å². The molecule has 0 saturated heterocycles. The smallest absolute Gasteiger partial charge is 0.184 e. The Morgan fingerprint density at radius 1 is 1.24 bits per heavy atom. The predicted molar refractivity (Wildman–Crippen MR) is 84.7 cm³/mol. The molecule has 21 heavy (non-hydrogen) atoms. The molecule has 0 unspecified atom stereocenters. The zero-order valence-corrected chi connectivity index (χ0v) is 11.9. The Hall–Kier alpha value is -2.47. The summed E-state index contributed by atoms with van der Waals surface area (Å²) in [6, 6.07) is 13.7. The van der Waals surface area contributed by atoms with Crippen LogP contribution in [0.2, 0.25) is 0 Å². The number of ether oxygens (including phenoxy) is 1. The van der Waals surface area contributed by atoms with Gasteiger partial charge in [0.1, 0.15) is 18.2 Å². The Morgan fingerprint density at radius 3 is 2.62 bits per heavy atom. The van der Waals surface area contributed by atoms with E-state index in [0.29, 0.717) is 11.3 Å². The van der Waals surface area contributed by atoms with Crippen LogP contribution >= 0.6 is 12.2 Å². The van der Waals surface area contributed by atoms with Crippen LogP contribution in [-0.2, 0) is 6.61 Å². The minimum absolute atomic E-state index is 0.107. The number of benzene rings is 2. The zero-order chi connectivity index (χ0) is 15.1. The van der Waals surface area contributed by atoms with E-state index in [4.69, 9.17) is 10.5 Å². The van der Waals surface area contributed by atoms with Gasteiger partial charge in [0.15, 0.2) is 5.11 Å². The molecule has 4 nitrogen and oxygen atoms in total. The number of nitrogens with two attached hydrogens (primary N) is 1. The van der Waals surface area contributed by atoms with Gasteiger partial charge in [0, 0.05) is 5.56 Å². The fourth-order valence-corrected chi connectivity index (χ4v) is 1.65. The van der Waals surface area contributed by atoms with Crippen molar-refractivity contribution in [1.82, 2.24) is 5.43 Å². The van der Waals surface area contributed by atoms with Gasteiger partial charge >= 0.3 is 0 Å². The molecular weight excluding hydrogens is 289 g/mol. The first kappa shape index (κ1) is 14.9. The van der Waals surface area contributed by atoms with Crippen molar-refractivity contribution < 1.29 is 9.13 Å². The number of hydrogen-bond donors (Lipinski definition) is 2. The molecule has 0 saturated carbocycles. The van der Waals surface area contributed by atoms with Crippen LogP contribution in [0.15, 0.2) is 53.6 Å². The topological polar surface area (TPSA) is 59.6 Å². The molecule has 0 atom stereocenters. The first-order valence-corrected chi connectivity index (χ1v) is 6.61. The van der Waals surface area contributed by atoms with E-state index in [0.717, 1.165) is 5.56 Å². The molecule has 0 aliphatic heterocycles. The third-order valence-corrected chi connectivity index (χ3v) is 2.71. The molecule has 0 spiro atoms. The molecule has 0 radical (unpaired) electrons. The Bertz CT molecular complexity index is 644. The minimum Gasteiger partial charge on any atom is -0.489 e. The molecule has 2 rings (SSSR count). The first-order chi connectivity index (χ1) is 10.1. The number of nitrogens with zero attached hydrogens (tertiary/aromatic N) is 1. The normalized spacial score (nSPS) is 10.5. The van der Waals surface area contributed by atoms with E-state index >= 15 is 0 Å². The van der Waals surface area contributed by atoms with Gasteiger partial charge in [0.05, 0.1) is 6.21 Å². The lowest BCUT2D eigenvalue weighted by Crippen LogP contribution is -2.23. The molecule has 2 aromatic rings. The van der Waals surface area contributed by atoms with Crippen LogP contribution in [0.3, 0.4) is 0 Å². The van der Waals surface area contributed by atoms with Crippen molar-refractivity contribution in [1.29, 1.82) is 0 Å². The van der Waals surface area contributed by atoms with Gasteiger partial charge < -0.3 is 10.5 Å². The summed E-state index contributed by atoms with van der Waals surface area (Å²) >= 11 is 4.63. The van der Waals surface area contributed by atoms with Crippen LogP contribution in [-0.4, -0.2) is 11.3 Å². The fourth-order valence-electron chi connectivity index (χ4n) is 1.60. The summed E-state index contributed by atoms with van der Waals surface area (Å²) in [5, 5.41) is 3.95. The lowest BCUT2D eigenvalue weighted by atomic mass is 10.2. The van der Waals surface area contributed by atoms with E-state index in [1.165, 1.54) is 6.07 Å². The maximum atomic E-state index is 13.4. The molecule has 108 valence electrons. The monoisotopic (exact) mass is 303 g/mol. The minimum atomic E-state index is -0.273. The Kier molecular flexibility index (Phi) is 5.22. The molecule has 0 aliphatic carbocycles. The van der Waals surface area contributed by atoms with Crippen LogP contribution < -0.4 is 15.9 Å². The number of hydrogen-bond acceptors (Lipinski definition) is 3. The highest BCUT2D eigenvalue weighted by Crippen LogP contribution is 2.14. The van der Waals surface area contributed by atoms with Crippen molar-refractivity contribution in [3.8, 4) is 5.75 Å². The summed E-state index contributed by atoms with van der Waals surface area (Å²) in [4.78, 5) is 0. The maximum Gasteiger partial charge on any atom is 0.184 e. The molecule has 0 fully saturated rings. The van der Waals surface area contributed by atoms with Gasteiger partial charge in [-0.1, -0.05) is 18.2 Å². The number of nitrogens with one attached hydrogen (secondary N) is 1. The van der Waals surface area contributed by atoms with E-state index in [-0.39, 0.29) is 17.5 Å². The second kappa shape index (κ2) is 7.35. The van der Waals surface area contributed by atoms with Crippen LogP contribution in [0.5, 0.6) is 5.75 Å². The second-order valence-electron chi connectivity index (χ2n) is 4.18. The third kappa shape index (κ3) is 4.85. The summed E-state index contributed by atoms with van der Waals surface area (Å²) < 4.78 is 19.0. The van der Waals surface area contributed by atoms with Crippen molar-refractivity contribution in [2.24, 2.45) is 10.8 Å². The lowest BCUT2D eigenvalue weighted by Gasteiger charge is -2.07. The molecule has 3 N–H and O–H groups in total. The summed E-state index contributed by atoms with van der Waals surface area (Å²) in [5.74, 6) is 0.378. The number of thiocarbonyl (C=S) groups is 1. The molecule has 0 amide bonds. The van der Waals surface area contributed by atoms with E-state index in [1.807, 2.05) is 12.1 Å². The van der Waals surface area contributed by atoms with Crippen molar-refractivity contribution in [3.05, 3.63) is 65.5 Å². The van der Waals surface area contributed by atoms with Crippen molar-refractivity contribution in [2.75, 3.05) is 0 Å². The van der Waals surface area contributed by atoms with Crippen LogP contribution in [0.4, 0.5) is 4.39 Å². The van der Waals surface area contributed by atoms with Gasteiger partial charge in [-0.15, -0.1) is 0 Å². The van der Waals surface area contributed by atoms with Gasteiger partial charge in [-0.25, -0.2) is 4.39 Å². The Balaban J connectivity index is 1.92. The number of rotatable bonds is 5. The van der Waals surface area contributed by atoms with Gasteiger partial charge in [-0.2, -0.15) is 5.10 Å². The molecule has 0 heterocycles. The second-order valence-corrected chi connectivity index (χ2v) is 4.62. The predicted octanol–water partition coefficient (Wildman–Crippen LogP) is 2.57.